The number of likely N-dealkylation sites (tertiary alicyclic amines) is 1. The fourth-order valence-electron chi connectivity index (χ4n) is 4.41. The Balaban J connectivity index is 1.50. The first-order chi connectivity index (χ1) is 16.5. The Morgan fingerprint density at radius 2 is 1.88 bits per heavy atom. The summed E-state index contributed by atoms with van der Waals surface area (Å²) >= 11 is 0. The van der Waals surface area contributed by atoms with Crippen LogP contribution < -0.4 is 21.3 Å². The van der Waals surface area contributed by atoms with Gasteiger partial charge in [0, 0.05) is 11.9 Å². The molecule has 4 heterocycles. The van der Waals surface area contributed by atoms with Gasteiger partial charge in [0.2, 0.25) is 0 Å². The minimum Gasteiger partial charge on any atom is -0.478 e. The van der Waals surface area contributed by atoms with Crippen LogP contribution >= 0.6 is 0 Å². The van der Waals surface area contributed by atoms with E-state index in [2.05, 4.69) is 44.3 Å². The van der Waals surface area contributed by atoms with Crippen molar-refractivity contribution in [2.75, 3.05) is 38.3 Å². The van der Waals surface area contributed by atoms with E-state index in [0.717, 1.165) is 24.2 Å². The van der Waals surface area contributed by atoms with Crippen LogP contribution in [-0.4, -0.2) is 52.1 Å². The number of H-pyrrole nitrogens is 1. The Labute approximate surface area is 197 Å². The van der Waals surface area contributed by atoms with Gasteiger partial charge in [0.05, 0.1) is 24.4 Å². The van der Waals surface area contributed by atoms with Crippen LogP contribution in [0.5, 0.6) is 5.88 Å². The van der Waals surface area contributed by atoms with Crippen LogP contribution in [0.4, 0.5) is 17.3 Å². The molecule has 9 heteroatoms. The third kappa shape index (κ3) is 4.29. The molecule has 0 atom stereocenters. The van der Waals surface area contributed by atoms with Crippen LogP contribution in [-0.2, 0) is 0 Å². The summed E-state index contributed by atoms with van der Waals surface area (Å²) in [6, 6.07) is 12.0. The lowest BCUT2D eigenvalue weighted by molar-refractivity contribution is 0.255. The van der Waals surface area contributed by atoms with Gasteiger partial charge in [-0.05, 0) is 74.1 Å². The second kappa shape index (κ2) is 9.11. The second-order valence-electron chi connectivity index (χ2n) is 8.60. The van der Waals surface area contributed by atoms with Gasteiger partial charge in [-0.3, -0.25) is 4.79 Å². The van der Waals surface area contributed by atoms with E-state index in [9.17, 15) is 4.79 Å². The van der Waals surface area contributed by atoms with Gasteiger partial charge in [-0.2, -0.15) is 0 Å². The van der Waals surface area contributed by atoms with Crippen LogP contribution in [0.2, 0.25) is 0 Å². The molecule has 1 fully saturated rings. The molecule has 1 aromatic carbocycles. The number of aromatic nitrogens is 4. The smallest absolute Gasteiger partial charge is 0.259 e. The van der Waals surface area contributed by atoms with Crippen molar-refractivity contribution in [2.24, 2.45) is 0 Å². The number of nitrogens with one attached hydrogen (secondary N) is 2. The maximum atomic E-state index is 12.7. The lowest BCUT2D eigenvalue weighted by Crippen LogP contribution is -2.29. The van der Waals surface area contributed by atoms with Crippen molar-refractivity contribution in [3.05, 3.63) is 64.7 Å². The number of piperidine rings is 1. The maximum Gasteiger partial charge on any atom is 0.259 e. The van der Waals surface area contributed by atoms with E-state index in [1.807, 2.05) is 18.2 Å². The van der Waals surface area contributed by atoms with Crippen molar-refractivity contribution < 1.29 is 4.74 Å². The van der Waals surface area contributed by atoms with E-state index in [0.29, 0.717) is 28.5 Å². The average molecular weight is 458 g/mol. The van der Waals surface area contributed by atoms with Crippen LogP contribution in [0, 0.1) is 0 Å². The Hall–Kier alpha value is -3.98. The molecule has 1 aliphatic heterocycles. The molecule has 1 aliphatic rings. The number of fused-ring (bicyclic) bond motifs is 1. The summed E-state index contributed by atoms with van der Waals surface area (Å²) in [5.74, 6) is 1.45. The van der Waals surface area contributed by atoms with Gasteiger partial charge >= 0.3 is 0 Å². The first kappa shape index (κ1) is 21.8. The molecular formula is C25H27N7O2. The number of rotatable bonds is 5. The predicted molar refractivity (Wildman–Crippen MR) is 134 cm³/mol. The van der Waals surface area contributed by atoms with Crippen LogP contribution in [0.1, 0.15) is 24.3 Å². The number of methoxy groups -OCH3 is 1. The highest BCUT2D eigenvalue weighted by atomic mass is 16.5. The highest BCUT2D eigenvalue weighted by Gasteiger charge is 2.18. The molecule has 0 bridgehead atoms. The Bertz CT molecular complexity index is 1380. The van der Waals surface area contributed by atoms with Gasteiger partial charge in [-0.15, -0.1) is 0 Å². The summed E-state index contributed by atoms with van der Waals surface area (Å²) in [6.45, 7) is 2.24. The quantitative estimate of drug-likeness (QED) is 0.416. The van der Waals surface area contributed by atoms with Crippen molar-refractivity contribution in [1.29, 1.82) is 0 Å². The number of nitrogens with two attached hydrogens (primary N) is 1. The number of nitrogen functional groups attached to an aromatic ring is 1. The molecule has 174 valence electrons. The summed E-state index contributed by atoms with van der Waals surface area (Å²) in [5, 5.41) is 4.54. The van der Waals surface area contributed by atoms with E-state index in [1.54, 1.807) is 18.5 Å². The number of benzene rings is 1. The summed E-state index contributed by atoms with van der Waals surface area (Å²) < 4.78 is 5.21. The lowest BCUT2D eigenvalue weighted by Gasteiger charge is -2.29. The third-order valence-corrected chi connectivity index (χ3v) is 6.34. The number of anilines is 3. The molecular weight excluding hydrogens is 430 g/mol. The molecule has 4 N–H and O–H groups in total. The summed E-state index contributed by atoms with van der Waals surface area (Å²) in [6.07, 6.45) is 5.49. The largest absolute Gasteiger partial charge is 0.478 e. The minimum atomic E-state index is -0.219. The lowest BCUT2D eigenvalue weighted by atomic mass is 9.89. The maximum absolute atomic E-state index is 12.7. The fraction of sp³-hybridized carbons (Fsp3) is 0.280. The SMILES string of the molecule is COc1nc(-c2cc3cc[nH]c(=O)c3c(Nc3ccc(C4CCN(C)CC4)cc3)n2)cnc1N. The molecule has 0 radical (unpaired) electrons. The Kier molecular flexibility index (Phi) is 5.85. The molecule has 1 saturated heterocycles. The van der Waals surface area contributed by atoms with Crippen molar-refractivity contribution in [1.82, 2.24) is 24.8 Å². The van der Waals surface area contributed by atoms with Crippen molar-refractivity contribution >= 4 is 28.1 Å². The standard InChI is InChI=1S/C25H27N7O2/c1-32-11-8-16(9-12-32)15-3-5-18(6-4-15)29-23-21-17(7-10-27-24(21)33)13-19(30-23)20-14-28-22(26)25(31-20)34-2/h3-7,10,13-14,16H,8-9,11-12H2,1-2H3,(H2,26,28)(H,27,33)(H,29,30). The molecule has 4 aromatic rings. The van der Waals surface area contributed by atoms with Gasteiger partial charge < -0.3 is 25.7 Å². The predicted octanol–water partition coefficient (Wildman–Crippen LogP) is 3.52. The topological polar surface area (TPSA) is 122 Å². The fourth-order valence-corrected chi connectivity index (χ4v) is 4.41. The molecule has 34 heavy (non-hydrogen) atoms. The molecule has 0 aliphatic carbocycles. The van der Waals surface area contributed by atoms with Crippen molar-refractivity contribution in [3.63, 3.8) is 0 Å². The van der Waals surface area contributed by atoms with E-state index in [1.165, 1.54) is 25.5 Å². The summed E-state index contributed by atoms with van der Waals surface area (Å²) in [5.41, 5.74) is 8.83. The second-order valence-corrected chi connectivity index (χ2v) is 8.60. The van der Waals surface area contributed by atoms with Crippen LogP contribution in [0.25, 0.3) is 22.2 Å². The van der Waals surface area contributed by atoms with E-state index in [-0.39, 0.29) is 17.3 Å². The van der Waals surface area contributed by atoms with Crippen molar-refractivity contribution in [3.8, 4) is 17.3 Å². The number of hydrogen-bond acceptors (Lipinski definition) is 8. The van der Waals surface area contributed by atoms with Gasteiger partial charge in [0.25, 0.3) is 11.4 Å². The van der Waals surface area contributed by atoms with Gasteiger partial charge in [-0.1, -0.05) is 12.1 Å². The van der Waals surface area contributed by atoms with Gasteiger partial charge in [0.15, 0.2) is 5.82 Å². The molecule has 5 rings (SSSR count). The average Bonchev–Trinajstić information content (AvgIpc) is 2.85. The Morgan fingerprint density at radius 3 is 2.62 bits per heavy atom. The number of pyridine rings is 2. The molecule has 0 amide bonds. The highest BCUT2D eigenvalue weighted by molar-refractivity contribution is 5.94. The van der Waals surface area contributed by atoms with E-state index in [4.69, 9.17) is 15.5 Å². The zero-order valence-electron chi connectivity index (χ0n) is 19.2. The minimum absolute atomic E-state index is 0.200. The Morgan fingerprint density at radius 1 is 1.12 bits per heavy atom. The van der Waals surface area contributed by atoms with Crippen LogP contribution in [0.15, 0.2) is 53.6 Å². The van der Waals surface area contributed by atoms with E-state index < -0.39 is 0 Å². The van der Waals surface area contributed by atoms with Gasteiger partial charge in [-0.25, -0.2) is 15.0 Å². The normalized spacial score (nSPS) is 14.9. The number of nitrogens with zero attached hydrogens (tertiary/aromatic N) is 4. The van der Waals surface area contributed by atoms with Crippen molar-refractivity contribution in [2.45, 2.75) is 18.8 Å². The number of aromatic amines is 1. The molecule has 0 spiro atoms. The zero-order valence-corrected chi connectivity index (χ0v) is 19.2. The summed E-state index contributed by atoms with van der Waals surface area (Å²) in [4.78, 5) is 31.1. The first-order valence-electron chi connectivity index (χ1n) is 11.3. The molecule has 9 nitrogen and oxygen atoms in total. The zero-order chi connectivity index (χ0) is 23.7. The number of hydrogen-bond donors (Lipinski definition) is 3. The molecule has 0 unspecified atom stereocenters. The monoisotopic (exact) mass is 457 g/mol. The number of ether oxygens (including phenoxy) is 1. The molecule has 3 aromatic heterocycles. The van der Waals surface area contributed by atoms with E-state index >= 15 is 0 Å². The highest BCUT2D eigenvalue weighted by Crippen LogP contribution is 2.31. The van der Waals surface area contributed by atoms with Gasteiger partial charge in [0.1, 0.15) is 11.5 Å². The summed E-state index contributed by atoms with van der Waals surface area (Å²) in [7, 11) is 3.65. The van der Waals surface area contributed by atoms with Crippen LogP contribution in [0.3, 0.4) is 0 Å². The first-order valence-corrected chi connectivity index (χ1v) is 11.3. The molecule has 0 saturated carbocycles. The third-order valence-electron chi connectivity index (χ3n) is 6.34.